The molecule has 3 atom stereocenters. The van der Waals surface area contributed by atoms with E-state index in [1.54, 1.807) is 6.20 Å². The van der Waals surface area contributed by atoms with Crippen molar-refractivity contribution in [3.63, 3.8) is 0 Å². The number of fused-ring (bicyclic) bond motifs is 2. The summed E-state index contributed by atoms with van der Waals surface area (Å²) in [5.41, 5.74) is 5.41. The Morgan fingerprint density at radius 1 is 1.20 bits per heavy atom. The van der Waals surface area contributed by atoms with Crippen molar-refractivity contribution >= 4 is 16.6 Å². The summed E-state index contributed by atoms with van der Waals surface area (Å²) < 4.78 is 7.04. The van der Waals surface area contributed by atoms with Gasteiger partial charge in [0, 0.05) is 12.1 Å². The van der Waals surface area contributed by atoms with Crippen LogP contribution < -0.4 is 5.56 Å². The summed E-state index contributed by atoms with van der Waals surface area (Å²) in [6, 6.07) is 12.4. The summed E-state index contributed by atoms with van der Waals surface area (Å²) in [6.07, 6.45) is 4.25. The van der Waals surface area contributed by atoms with Gasteiger partial charge in [-0.15, -0.1) is 0 Å². The summed E-state index contributed by atoms with van der Waals surface area (Å²) in [7, 11) is 0. The highest BCUT2D eigenvalue weighted by Gasteiger charge is 2.89. The van der Waals surface area contributed by atoms with E-state index < -0.39 is 0 Å². The number of rotatable bonds is 4. The van der Waals surface area contributed by atoms with Crippen LogP contribution in [-0.4, -0.2) is 24.7 Å². The van der Waals surface area contributed by atoms with E-state index in [1.807, 2.05) is 19.1 Å². The van der Waals surface area contributed by atoms with Crippen LogP contribution in [0.5, 0.6) is 0 Å². The smallest absolute Gasteiger partial charge is 0.263 e. The Bertz CT molecular complexity index is 1450. The van der Waals surface area contributed by atoms with E-state index in [1.165, 1.54) is 27.6 Å². The first-order valence-corrected chi connectivity index (χ1v) is 10.1. The fraction of sp³-hybridized carbons (Fsp3) is 0.261. The number of benzene rings is 1. The fourth-order valence-corrected chi connectivity index (χ4v) is 5.49. The zero-order chi connectivity index (χ0) is 20.0. The van der Waals surface area contributed by atoms with Crippen molar-refractivity contribution in [2.75, 3.05) is 0 Å². The second-order valence-corrected chi connectivity index (χ2v) is 8.43. The average molecular weight is 395 g/mol. The van der Waals surface area contributed by atoms with Gasteiger partial charge in [-0.25, -0.2) is 9.97 Å². The summed E-state index contributed by atoms with van der Waals surface area (Å²) in [5, 5.41) is 4.82. The minimum Gasteiger partial charge on any atom is -0.337 e. The highest BCUT2D eigenvalue weighted by Crippen LogP contribution is 2.90. The topological polar surface area (TPSA) is 86.7 Å². The Labute approximate surface area is 171 Å². The first-order valence-electron chi connectivity index (χ1n) is 10.1. The van der Waals surface area contributed by atoms with Crippen LogP contribution in [0.25, 0.3) is 16.6 Å². The Morgan fingerprint density at radius 3 is 2.90 bits per heavy atom. The molecule has 0 N–H and O–H groups in total. The normalized spacial score (nSPS) is 25.6. The molecule has 2 fully saturated rings. The molecule has 3 heterocycles. The molecule has 7 heteroatoms. The summed E-state index contributed by atoms with van der Waals surface area (Å²) in [4.78, 5) is 26.0. The van der Waals surface area contributed by atoms with Crippen LogP contribution in [0.3, 0.4) is 0 Å². The summed E-state index contributed by atoms with van der Waals surface area (Å²) >= 11 is 0. The second kappa shape index (κ2) is 5.30. The van der Waals surface area contributed by atoms with Gasteiger partial charge in [0.05, 0.1) is 10.8 Å². The van der Waals surface area contributed by atoms with Crippen molar-refractivity contribution in [2.45, 2.75) is 25.3 Å². The van der Waals surface area contributed by atoms with Crippen LogP contribution in [0.1, 0.15) is 29.3 Å². The highest BCUT2D eigenvalue weighted by atomic mass is 16.5. The molecule has 0 radical (unpaired) electrons. The Hall–Kier alpha value is -3.61. The van der Waals surface area contributed by atoms with Crippen molar-refractivity contribution in [3.05, 3.63) is 87.7 Å². The van der Waals surface area contributed by atoms with Gasteiger partial charge in [0.15, 0.2) is 11.5 Å². The lowest BCUT2D eigenvalue weighted by molar-refractivity contribution is 0.363. The molecule has 2 bridgehead atoms. The van der Waals surface area contributed by atoms with Crippen LogP contribution in [0, 0.1) is 18.8 Å². The first-order chi connectivity index (χ1) is 14.7. The van der Waals surface area contributed by atoms with Gasteiger partial charge >= 0.3 is 0 Å². The maximum absolute atomic E-state index is 12.9. The molecule has 7 nitrogen and oxygen atoms in total. The van der Waals surface area contributed by atoms with Crippen molar-refractivity contribution in [1.29, 1.82) is 0 Å². The zero-order valence-corrected chi connectivity index (χ0v) is 16.2. The molecule has 0 saturated heterocycles. The molecular weight excluding hydrogens is 378 g/mol. The molecule has 4 aliphatic carbocycles. The third kappa shape index (κ3) is 1.87. The lowest BCUT2D eigenvalue weighted by atomic mass is 10.1. The van der Waals surface area contributed by atoms with Crippen LogP contribution in [0.2, 0.25) is 0 Å². The van der Waals surface area contributed by atoms with Crippen molar-refractivity contribution < 1.29 is 4.52 Å². The number of pyridine rings is 1. The predicted octanol–water partition coefficient (Wildman–Crippen LogP) is 2.89. The van der Waals surface area contributed by atoms with Crippen LogP contribution in [0.15, 0.2) is 63.8 Å². The van der Waals surface area contributed by atoms with Crippen molar-refractivity contribution in [2.24, 2.45) is 11.8 Å². The molecule has 4 aliphatic rings. The van der Waals surface area contributed by atoms with Gasteiger partial charge in [-0.05, 0) is 47.6 Å². The highest BCUT2D eigenvalue weighted by molar-refractivity contribution is 5.89. The quantitative estimate of drug-likeness (QED) is 0.528. The van der Waals surface area contributed by atoms with Gasteiger partial charge in [0.1, 0.15) is 12.9 Å². The molecule has 4 aromatic rings. The number of hydrogen-bond acceptors (Lipinski definition) is 6. The number of hydrogen-bond donors (Lipinski definition) is 0. The van der Waals surface area contributed by atoms with Gasteiger partial charge < -0.3 is 4.52 Å². The monoisotopic (exact) mass is 395 g/mol. The van der Waals surface area contributed by atoms with E-state index in [4.69, 9.17) is 4.52 Å². The summed E-state index contributed by atoms with van der Waals surface area (Å²) in [5.74, 6) is 2.39. The van der Waals surface area contributed by atoms with Crippen LogP contribution in [-0.2, 0) is 12.0 Å². The van der Waals surface area contributed by atoms with Crippen LogP contribution >= 0.6 is 0 Å². The molecule has 0 spiro atoms. The minimum absolute atomic E-state index is 0.0000287. The van der Waals surface area contributed by atoms with Crippen molar-refractivity contribution in [3.8, 4) is 0 Å². The third-order valence-corrected chi connectivity index (χ3v) is 6.99. The standard InChI is InChI=1S/C23H17N5O2/c1-12-7-8-24-20-17(12)21(29)28(11-25-20)10-16-26-22(27-30-16)23-15-9-14(18(23)19(15)23)13-5-3-2-4-6-13/h2-8,11,15,19H,9-10H2,1H3/t15-,19-,23+/m1/s1. The van der Waals surface area contributed by atoms with E-state index in [9.17, 15) is 4.79 Å². The van der Waals surface area contributed by atoms with Crippen LogP contribution in [0.4, 0.5) is 0 Å². The fourth-order valence-electron chi connectivity index (χ4n) is 5.49. The van der Waals surface area contributed by atoms with E-state index in [2.05, 4.69) is 44.4 Å². The molecule has 0 amide bonds. The third-order valence-electron chi connectivity index (χ3n) is 6.99. The van der Waals surface area contributed by atoms with E-state index >= 15 is 0 Å². The molecule has 0 aliphatic heterocycles. The maximum Gasteiger partial charge on any atom is 0.263 e. The molecule has 30 heavy (non-hydrogen) atoms. The minimum atomic E-state index is -0.145. The van der Waals surface area contributed by atoms with Gasteiger partial charge in [0.2, 0.25) is 5.89 Å². The molecule has 3 aromatic heterocycles. The van der Waals surface area contributed by atoms with E-state index in [-0.39, 0.29) is 17.5 Å². The SMILES string of the molecule is Cc1ccnc2ncn(Cc3nc([C@]45C6=C(c7ccccc7)C[C@@H]4[C@H]65)no3)c(=O)c12. The second-order valence-electron chi connectivity index (χ2n) is 8.43. The molecule has 8 rings (SSSR count). The molecule has 146 valence electrons. The predicted molar refractivity (Wildman–Crippen MR) is 109 cm³/mol. The van der Waals surface area contributed by atoms with Gasteiger partial charge in [0.25, 0.3) is 5.56 Å². The lowest BCUT2D eigenvalue weighted by Gasteiger charge is -2.04. The number of aryl methyl sites for hydroxylation is 1. The number of nitrogens with zero attached hydrogens (tertiary/aromatic N) is 5. The Balaban J connectivity index is 1.21. The van der Waals surface area contributed by atoms with Gasteiger partial charge in [-0.3, -0.25) is 9.36 Å². The van der Waals surface area contributed by atoms with E-state index in [0.717, 1.165) is 17.8 Å². The molecular formula is C23H17N5O2. The number of allylic oxidation sites excluding steroid dienone is 2. The Morgan fingerprint density at radius 2 is 2.07 bits per heavy atom. The molecule has 0 unspecified atom stereocenters. The Kier molecular flexibility index (Phi) is 2.86. The molecule has 1 aromatic carbocycles. The molecule has 2 saturated carbocycles. The first kappa shape index (κ1) is 16.2. The number of aromatic nitrogens is 5. The van der Waals surface area contributed by atoms with Crippen molar-refractivity contribution in [1.82, 2.24) is 24.7 Å². The summed E-state index contributed by atoms with van der Waals surface area (Å²) in [6.45, 7) is 2.09. The average Bonchev–Trinajstić information content (AvgIpc) is 3.31. The maximum atomic E-state index is 12.9. The zero-order valence-electron chi connectivity index (χ0n) is 16.2. The lowest BCUT2D eigenvalue weighted by Crippen LogP contribution is -2.22. The largest absolute Gasteiger partial charge is 0.337 e. The van der Waals surface area contributed by atoms with Gasteiger partial charge in [-0.2, -0.15) is 4.98 Å². The van der Waals surface area contributed by atoms with Gasteiger partial charge in [-0.1, -0.05) is 35.5 Å². The van der Waals surface area contributed by atoms with E-state index in [0.29, 0.717) is 28.8 Å².